The van der Waals surface area contributed by atoms with Crippen molar-refractivity contribution in [3.8, 4) is 22.9 Å². The van der Waals surface area contributed by atoms with Crippen molar-refractivity contribution in [1.29, 1.82) is 0 Å². The maximum absolute atomic E-state index is 5.98. The van der Waals surface area contributed by atoms with E-state index in [4.69, 9.17) is 9.40 Å². The van der Waals surface area contributed by atoms with Crippen LogP contribution in [0.25, 0.3) is 49.1 Å². The van der Waals surface area contributed by atoms with Gasteiger partial charge in [-0.2, -0.15) is 0 Å². The van der Waals surface area contributed by atoms with Crippen molar-refractivity contribution in [2.45, 2.75) is 0 Å². The summed E-state index contributed by atoms with van der Waals surface area (Å²) in [6, 6.07) is 24.1. The summed E-state index contributed by atoms with van der Waals surface area (Å²) in [4.78, 5) is 5.71. The van der Waals surface area contributed by atoms with Crippen molar-refractivity contribution in [2.24, 2.45) is 0 Å². The average molecular weight is 368 g/mol. The number of para-hydroxylation sites is 2. The first kappa shape index (κ1) is 14.6. The van der Waals surface area contributed by atoms with Gasteiger partial charge in [-0.05, 0) is 36.4 Å². The summed E-state index contributed by atoms with van der Waals surface area (Å²) in [5.74, 6) is 1.04. The Kier molecular flexibility index (Phi) is 2.98. The number of benzene rings is 3. The smallest absolute Gasteiger partial charge is 0.249 e. The van der Waals surface area contributed by atoms with Crippen LogP contribution < -0.4 is 0 Å². The van der Waals surface area contributed by atoms with Gasteiger partial charge in [-0.3, -0.25) is 4.40 Å². The minimum absolute atomic E-state index is 0.522. The van der Waals surface area contributed by atoms with E-state index in [-0.39, 0.29) is 0 Å². The Balaban J connectivity index is 1.58. The fourth-order valence-electron chi connectivity index (χ4n) is 3.40. The molecule has 0 aliphatic heterocycles. The molecule has 6 aromatic rings. The molecule has 3 heterocycles. The molecule has 6 heteroatoms. The Bertz CT molecular complexity index is 1430. The molecule has 0 atom stereocenters. The second-order valence-electron chi connectivity index (χ2n) is 6.25. The zero-order valence-corrected chi connectivity index (χ0v) is 14.9. The number of aromatic nitrogens is 4. The molecule has 3 aromatic carbocycles. The fourth-order valence-corrected chi connectivity index (χ4v) is 4.55. The van der Waals surface area contributed by atoms with Gasteiger partial charge in [0.2, 0.25) is 11.8 Å². The van der Waals surface area contributed by atoms with Crippen LogP contribution in [0.4, 0.5) is 0 Å². The number of hydrogen-bond acceptors (Lipinski definition) is 5. The molecule has 27 heavy (non-hydrogen) atoms. The number of fused-ring (bicyclic) bond motifs is 5. The first-order valence-corrected chi connectivity index (χ1v) is 9.38. The highest BCUT2D eigenvalue weighted by Gasteiger charge is 2.18. The van der Waals surface area contributed by atoms with Gasteiger partial charge in [0.15, 0.2) is 4.96 Å². The van der Waals surface area contributed by atoms with Gasteiger partial charge in [-0.25, -0.2) is 4.98 Å². The number of nitrogens with zero attached hydrogens (tertiary/aromatic N) is 4. The second kappa shape index (κ2) is 5.49. The Morgan fingerprint density at radius 3 is 2.44 bits per heavy atom. The van der Waals surface area contributed by atoms with Crippen LogP contribution >= 0.6 is 11.3 Å². The maximum Gasteiger partial charge on any atom is 0.249 e. The number of imidazole rings is 1. The molecule has 0 unspecified atom stereocenters. The van der Waals surface area contributed by atoms with Gasteiger partial charge < -0.3 is 4.42 Å². The fraction of sp³-hybridized carbons (Fsp3) is 0. The van der Waals surface area contributed by atoms with E-state index in [2.05, 4.69) is 26.7 Å². The molecule has 0 amide bonds. The predicted octanol–water partition coefficient (Wildman–Crippen LogP) is 5.42. The largest absolute Gasteiger partial charge is 0.416 e. The number of hydrogen-bond donors (Lipinski definition) is 0. The Hall–Kier alpha value is -3.51. The molecule has 0 fully saturated rings. The summed E-state index contributed by atoms with van der Waals surface area (Å²) >= 11 is 1.64. The van der Waals surface area contributed by atoms with Crippen LogP contribution in [0.1, 0.15) is 0 Å². The van der Waals surface area contributed by atoms with Gasteiger partial charge in [0, 0.05) is 5.56 Å². The molecule has 0 bridgehead atoms. The van der Waals surface area contributed by atoms with Crippen LogP contribution in [-0.2, 0) is 0 Å². The standard InChI is InChI=1S/C21H12N4OS/c1-2-7-13(8-3-1)19-23-24-20(26-19)14-9-6-12-17-18(14)27-21-22-15-10-4-5-11-16(15)25(17)21/h1-12H. The maximum atomic E-state index is 5.98. The van der Waals surface area contributed by atoms with Crippen LogP contribution in [-0.4, -0.2) is 19.6 Å². The highest BCUT2D eigenvalue weighted by molar-refractivity contribution is 7.24. The van der Waals surface area contributed by atoms with E-state index in [9.17, 15) is 0 Å². The molecule has 0 aliphatic rings. The zero-order valence-electron chi connectivity index (χ0n) is 14.0. The summed E-state index contributed by atoms with van der Waals surface area (Å²) in [7, 11) is 0. The second-order valence-corrected chi connectivity index (χ2v) is 7.23. The van der Waals surface area contributed by atoms with Crippen LogP contribution in [0.5, 0.6) is 0 Å². The van der Waals surface area contributed by atoms with Crippen molar-refractivity contribution < 1.29 is 4.42 Å². The predicted molar refractivity (Wildman–Crippen MR) is 107 cm³/mol. The summed E-state index contributed by atoms with van der Waals surface area (Å²) in [5, 5.41) is 8.52. The van der Waals surface area contributed by atoms with Gasteiger partial charge in [0.25, 0.3) is 0 Å². The van der Waals surface area contributed by atoms with Crippen LogP contribution in [0.2, 0.25) is 0 Å². The SMILES string of the molecule is c1ccc(-c2nnc(-c3cccc4c3sc3nc5ccccc5n34)o2)cc1. The van der Waals surface area contributed by atoms with Crippen molar-refractivity contribution in [3.63, 3.8) is 0 Å². The van der Waals surface area contributed by atoms with Crippen molar-refractivity contribution in [1.82, 2.24) is 19.6 Å². The molecule has 0 aliphatic carbocycles. The lowest BCUT2D eigenvalue weighted by Gasteiger charge is -1.98. The minimum Gasteiger partial charge on any atom is -0.416 e. The molecule has 3 aromatic heterocycles. The quantitative estimate of drug-likeness (QED) is 0.409. The molecule has 5 nitrogen and oxygen atoms in total. The highest BCUT2D eigenvalue weighted by Crippen LogP contribution is 2.37. The Morgan fingerprint density at radius 1 is 0.741 bits per heavy atom. The van der Waals surface area contributed by atoms with Crippen LogP contribution in [0.15, 0.2) is 77.2 Å². The molecular formula is C21H12N4OS. The lowest BCUT2D eigenvalue weighted by Crippen LogP contribution is -1.82. The molecule has 0 saturated heterocycles. The number of rotatable bonds is 2. The van der Waals surface area contributed by atoms with E-state index >= 15 is 0 Å². The molecule has 0 N–H and O–H groups in total. The van der Waals surface area contributed by atoms with Crippen molar-refractivity contribution in [3.05, 3.63) is 72.8 Å². The first-order valence-electron chi connectivity index (χ1n) is 8.56. The third-order valence-corrected chi connectivity index (χ3v) is 5.72. The summed E-state index contributed by atoms with van der Waals surface area (Å²) in [6.45, 7) is 0. The molecule has 0 spiro atoms. The minimum atomic E-state index is 0.522. The number of thiazole rings is 1. The van der Waals surface area contributed by atoms with E-state index in [1.54, 1.807) is 11.3 Å². The van der Waals surface area contributed by atoms with Crippen molar-refractivity contribution in [2.75, 3.05) is 0 Å². The highest BCUT2D eigenvalue weighted by atomic mass is 32.1. The van der Waals surface area contributed by atoms with E-state index in [1.165, 1.54) is 0 Å². The Labute approximate surface area is 157 Å². The molecule has 6 rings (SSSR count). The van der Waals surface area contributed by atoms with Crippen LogP contribution in [0.3, 0.4) is 0 Å². The van der Waals surface area contributed by atoms with Gasteiger partial charge in [-0.15, -0.1) is 10.2 Å². The third kappa shape index (κ3) is 2.14. The normalized spacial score (nSPS) is 11.7. The summed E-state index contributed by atoms with van der Waals surface area (Å²) in [6.07, 6.45) is 0. The average Bonchev–Trinajstić information content (AvgIpc) is 3.42. The lowest BCUT2D eigenvalue weighted by molar-refractivity contribution is 0.585. The van der Waals surface area contributed by atoms with Crippen LogP contribution in [0, 0.1) is 0 Å². The molecule has 128 valence electrons. The van der Waals surface area contributed by atoms with Gasteiger partial charge >= 0.3 is 0 Å². The first-order chi connectivity index (χ1) is 13.4. The zero-order chi connectivity index (χ0) is 17.8. The van der Waals surface area contributed by atoms with Gasteiger partial charge in [0.05, 0.1) is 26.8 Å². The van der Waals surface area contributed by atoms with Gasteiger partial charge in [0.1, 0.15) is 0 Å². The lowest BCUT2D eigenvalue weighted by atomic mass is 10.2. The third-order valence-electron chi connectivity index (χ3n) is 4.63. The topological polar surface area (TPSA) is 56.2 Å². The Morgan fingerprint density at radius 2 is 1.52 bits per heavy atom. The molecule has 0 saturated carbocycles. The van der Waals surface area contributed by atoms with E-state index in [0.29, 0.717) is 11.8 Å². The van der Waals surface area contributed by atoms with E-state index in [0.717, 1.165) is 37.3 Å². The monoisotopic (exact) mass is 368 g/mol. The van der Waals surface area contributed by atoms with E-state index < -0.39 is 0 Å². The van der Waals surface area contributed by atoms with E-state index in [1.807, 2.05) is 60.7 Å². The molecule has 0 radical (unpaired) electrons. The molecular weight excluding hydrogens is 356 g/mol. The summed E-state index contributed by atoms with van der Waals surface area (Å²) in [5.41, 5.74) is 5.05. The van der Waals surface area contributed by atoms with Crippen molar-refractivity contribution >= 4 is 37.5 Å². The summed E-state index contributed by atoms with van der Waals surface area (Å²) < 4.78 is 9.26. The van der Waals surface area contributed by atoms with Gasteiger partial charge in [-0.1, -0.05) is 47.7 Å².